The van der Waals surface area contributed by atoms with Crippen LogP contribution in [0.1, 0.15) is 34.8 Å². The van der Waals surface area contributed by atoms with Gasteiger partial charge in [-0.3, -0.25) is 19.5 Å². The average Bonchev–Trinajstić information content (AvgIpc) is 3.31. The van der Waals surface area contributed by atoms with Gasteiger partial charge in [-0.25, -0.2) is 0 Å². The summed E-state index contributed by atoms with van der Waals surface area (Å²) in [4.78, 5) is 25.5. The molecule has 3 aromatic carbocycles. The third-order valence-corrected chi connectivity index (χ3v) is 6.74. The van der Waals surface area contributed by atoms with Crippen molar-refractivity contribution in [2.45, 2.75) is 31.2 Å². The quantitative estimate of drug-likeness (QED) is 0.160. The summed E-state index contributed by atoms with van der Waals surface area (Å²) in [6.07, 6.45) is 0.909. The maximum Gasteiger partial charge on any atom is 0.280 e. The molecular weight excluding hydrogens is 474 g/mol. The number of carbonyl (C=O) groups is 1. The topological polar surface area (TPSA) is 94.2 Å². The van der Waals surface area contributed by atoms with E-state index in [0.29, 0.717) is 34.4 Å². The molecule has 1 amide bonds. The first-order chi connectivity index (χ1) is 17.4. The summed E-state index contributed by atoms with van der Waals surface area (Å²) in [6.45, 7) is 4.76. The zero-order chi connectivity index (χ0) is 25.7. The van der Waals surface area contributed by atoms with Crippen LogP contribution in [-0.2, 0) is 5.75 Å². The van der Waals surface area contributed by atoms with Crippen molar-refractivity contribution >= 4 is 23.4 Å². The zero-order valence-corrected chi connectivity index (χ0v) is 21.2. The van der Waals surface area contributed by atoms with Gasteiger partial charge in [-0.2, -0.15) is 0 Å². The molecule has 8 nitrogen and oxygen atoms in total. The number of nitrogens with zero attached hydrogens (tertiary/aromatic N) is 5. The second kappa shape index (κ2) is 11.2. The number of aryl methyl sites for hydroxylation is 1. The third kappa shape index (κ3) is 5.46. The van der Waals surface area contributed by atoms with E-state index >= 15 is 0 Å². The van der Waals surface area contributed by atoms with E-state index in [2.05, 4.69) is 10.2 Å². The molecule has 36 heavy (non-hydrogen) atoms. The molecule has 0 aliphatic carbocycles. The van der Waals surface area contributed by atoms with Gasteiger partial charge in [-0.15, -0.1) is 10.2 Å². The Labute approximate surface area is 214 Å². The highest BCUT2D eigenvalue weighted by atomic mass is 32.2. The van der Waals surface area contributed by atoms with Gasteiger partial charge in [0.2, 0.25) is 0 Å². The maximum atomic E-state index is 12.5. The summed E-state index contributed by atoms with van der Waals surface area (Å²) >= 11 is 1.48. The number of hydrogen-bond acceptors (Lipinski definition) is 6. The van der Waals surface area contributed by atoms with Crippen molar-refractivity contribution in [1.82, 2.24) is 19.7 Å². The predicted octanol–water partition coefficient (Wildman–Crippen LogP) is 5.93. The van der Waals surface area contributed by atoms with Gasteiger partial charge in [0.05, 0.1) is 10.5 Å². The minimum Gasteiger partial charge on any atom is -0.342 e. The van der Waals surface area contributed by atoms with Gasteiger partial charge in [0.1, 0.15) is 0 Å². The van der Waals surface area contributed by atoms with Crippen LogP contribution in [0.25, 0.3) is 17.1 Å². The Morgan fingerprint density at radius 1 is 1.03 bits per heavy atom. The van der Waals surface area contributed by atoms with E-state index in [4.69, 9.17) is 0 Å². The first kappa shape index (κ1) is 25.1. The minimum absolute atomic E-state index is 0.00395. The Bertz CT molecular complexity index is 1370. The number of nitro groups is 1. The smallest absolute Gasteiger partial charge is 0.280 e. The van der Waals surface area contributed by atoms with Crippen molar-refractivity contribution < 1.29 is 9.72 Å². The van der Waals surface area contributed by atoms with Crippen molar-refractivity contribution in [3.8, 4) is 17.1 Å². The molecule has 0 radical (unpaired) electrons. The van der Waals surface area contributed by atoms with E-state index in [1.54, 1.807) is 23.1 Å². The largest absolute Gasteiger partial charge is 0.342 e. The van der Waals surface area contributed by atoms with Gasteiger partial charge in [0, 0.05) is 36.7 Å². The number of thioether (sulfide) groups is 1. The highest BCUT2D eigenvalue weighted by molar-refractivity contribution is 7.98. The maximum absolute atomic E-state index is 12.5. The van der Waals surface area contributed by atoms with Crippen LogP contribution in [0.2, 0.25) is 0 Å². The summed E-state index contributed by atoms with van der Waals surface area (Å²) in [6, 6.07) is 22.0. The SMILES string of the molecule is CCCN(C)C(=O)c1ccc(CSc2nnc(-c3ccccc3[N+](=O)[O-])n2-c2ccc(C)cc2)cc1. The Morgan fingerprint density at radius 3 is 2.39 bits per heavy atom. The standard InChI is InChI=1S/C27H27N5O3S/c1-4-17-30(3)26(33)21-13-11-20(12-14-21)18-36-27-29-28-25(23-7-5-6-8-24(23)32(34)35)31(27)22-15-9-19(2)10-16-22/h5-16H,4,17-18H2,1-3H3. The van der Waals surface area contributed by atoms with Gasteiger partial charge in [-0.1, -0.05) is 60.6 Å². The second-order valence-corrected chi connectivity index (χ2v) is 9.41. The molecule has 4 rings (SSSR count). The Morgan fingerprint density at radius 2 is 1.72 bits per heavy atom. The molecule has 0 N–H and O–H groups in total. The molecule has 1 heterocycles. The highest BCUT2D eigenvalue weighted by Gasteiger charge is 2.23. The summed E-state index contributed by atoms with van der Waals surface area (Å²) in [5, 5.41) is 21.0. The lowest BCUT2D eigenvalue weighted by Crippen LogP contribution is -2.27. The van der Waals surface area contributed by atoms with Crippen LogP contribution in [0.5, 0.6) is 0 Å². The number of para-hydroxylation sites is 1. The fourth-order valence-corrected chi connectivity index (χ4v) is 4.74. The van der Waals surface area contributed by atoms with Crippen molar-refractivity contribution in [2.24, 2.45) is 0 Å². The van der Waals surface area contributed by atoms with E-state index < -0.39 is 4.92 Å². The van der Waals surface area contributed by atoms with Gasteiger partial charge in [0.25, 0.3) is 11.6 Å². The summed E-state index contributed by atoms with van der Waals surface area (Å²) in [5.74, 6) is 1.01. The second-order valence-electron chi connectivity index (χ2n) is 8.46. The van der Waals surface area contributed by atoms with Crippen molar-refractivity contribution in [1.29, 1.82) is 0 Å². The number of amides is 1. The van der Waals surface area contributed by atoms with Crippen LogP contribution in [-0.4, -0.2) is 44.1 Å². The molecule has 0 atom stereocenters. The van der Waals surface area contributed by atoms with Crippen molar-refractivity contribution in [2.75, 3.05) is 13.6 Å². The van der Waals surface area contributed by atoms with E-state index in [-0.39, 0.29) is 11.6 Å². The predicted molar refractivity (Wildman–Crippen MR) is 141 cm³/mol. The fourth-order valence-electron chi connectivity index (χ4n) is 3.84. The number of nitro benzene ring substituents is 1. The Kier molecular flexibility index (Phi) is 7.80. The number of benzene rings is 3. The normalized spacial score (nSPS) is 10.9. The van der Waals surface area contributed by atoms with Crippen LogP contribution in [0, 0.1) is 17.0 Å². The molecule has 0 saturated heterocycles. The van der Waals surface area contributed by atoms with Gasteiger partial charge >= 0.3 is 0 Å². The highest BCUT2D eigenvalue weighted by Crippen LogP contribution is 2.34. The molecule has 0 saturated carbocycles. The van der Waals surface area contributed by atoms with Crippen LogP contribution >= 0.6 is 11.8 Å². The minimum atomic E-state index is -0.406. The summed E-state index contributed by atoms with van der Waals surface area (Å²) in [5.41, 5.74) is 3.99. The van der Waals surface area contributed by atoms with Crippen LogP contribution in [0.4, 0.5) is 5.69 Å². The molecule has 0 fully saturated rings. The molecule has 1 aromatic heterocycles. The molecule has 4 aromatic rings. The molecule has 0 bridgehead atoms. The van der Waals surface area contributed by atoms with Crippen LogP contribution < -0.4 is 0 Å². The molecular formula is C27H27N5O3S. The lowest BCUT2D eigenvalue weighted by atomic mass is 10.1. The van der Waals surface area contributed by atoms with E-state index in [9.17, 15) is 14.9 Å². The van der Waals surface area contributed by atoms with Crippen molar-refractivity contribution in [3.63, 3.8) is 0 Å². The molecule has 0 unspecified atom stereocenters. The first-order valence-corrected chi connectivity index (χ1v) is 12.6. The fraction of sp³-hybridized carbons (Fsp3) is 0.222. The molecule has 0 aliphatic rings. The lowest BCUT2D eigenvalue weighted by Gasteiger charge is -2.16. The Balaban J connectivity index is 1.64. The number of rotatable bonds is 9. The first-order valence-electron chi connectivity index (χ1n) is 11.6. The van der Waals surface area contributed by atoms with E-state index in [1.807, 2.05) is 74.0 Å². The van der Waals surface area contributed by atoms with Crippen LogP contribution in [0.15, 0.2) is 78.0 Å². The van der Waals surface area contributed by atoms with Gasteiger partial charge in [-0.05, 0) is 49.2 Å². The third-order valence-electron chi connectivity index (χ3n) is 5.74. The Hall–Kier alpha value is -3.98. The van der Waals surface area contributed by atoms with Gasteiger partial charge in [0.15, 0.2) is 11.0 Å². The average molecular weight is 502 g/mol. The lowest BCUT2D eigenvalue weighted by molar-refractivity contribution is -0.384. The number of aromatic nitrogens is 3. The van der Waals surface area contributed by atoms with Crippen molar-refractivity contribution in [3.05, 3.63) is 99.6 Å². The van der Waals surface area contributed by atoms with Crippen LogP contribution in [0.3, 0.4) is 0 Å². The molecule has 0 spiro atoms. The monoisotopic (exact) mass is 501 g/mol. The zero-order valence-electron chi connectivity index (χ0n) is 20.4. The number of carbonyl (C=O) groups excluding carboxylic acids is 1. The van der Waals surface area contributed by atoms with E-state index in [0.717, 1.165) is 23.2 Å². The molecule has 9 heteroatoms. The summed E-state index contributed by atoms with van der Waals surface area (Å²) in [7, 11) is 1.81. The molecule has 0 aliphatic heterocycles. The van der Waals surface area contributed by atoms with Gasteiger partial charge < -0.3 is 4.90 Å². The van der Waals surface area contributed by atoms with E-state index in [1.165, 1.54) is 17.8 Å². The molecule has 184 valence electrons. The number of hydrogen-bond donors (Lipinski definition) is 0. The summed E-state index contributed by atoms with van der Waals surface area (Å²) < 4.78 is 1.85.